The zero-order valence-electron chi connectivity index (χ0n) is 22.3. The first-order valence-electron chi connectivity index (χ1n) is 12.7. The number of halogens is 2. The van der Waals surface area contributed by atoms with Crippen LogP contribution in [-0.4, -0.2) is 84.3 Å². The molecule has 40 heavy (non-hydrogen) atoms. The number of aliphatic hydroxyl groups excluding tert-OH is 3. The molecule has 3 rings (SSSR count). The molecule has 0 bridgehead atoms. The number of aliphatic hydroxyl groups is 3. The molecule has 0 saturated carbocycles. The molecule has 0 heterocycles. The van der Waals surface area contributed by atoms with Crippen molar-refractivity contribution in [1.82, 2.24) is 10.2 Å². The second-order valence-electron chi connectivity index (χ2n) is 9.17. The lowest BCUT2D eigenvalue weighted by atomic mass is 9.87. The molecular weight excluding hydrogens is 638 g/mol. The minimum Gasteiger partial charge on any atom is -0.493 e. The second kappa shape index (κ2) is 15.3. The van der Waals surface area contributed by atoms with E-state index in [1.807, 2.05) is 22.6 Å². The van der Waals surface area contributed by atoms with E-state index in [0.717, 1.165) is 0 Å². The highest BCUT2D eigenvalue weighted by molar-refractivity contribution is 14.1. The van der Waals surface area contributed by atoms with Crippen LogP contribution in [0.2, 0.25) is 0 Å². The Morgan fingerprint density at radius 2 is 1.88 bits per heavy atom. The highest BCUT2D eigenvalue weighted by atomic mass is 127. The molecule has 3 atom stereocenters. The fraction of sp³-hybridized carbons (Fsp3) is 0.429. The van der Waals surface area contributed by atoms with E-state index in [4.69, 9.17) is 14.2 Å². The summed E-state index contributed by atoms with van der Waals surface area (Å²) >= 11 is 2.03. The van der Waals surface area contributed by atoms with Crippen molar-refractivity contribution < 1.29 is 43.5 Å². The number of carbonyl (C=O) groups is 2. The number of hydrogen-bond acceptors (Lipinski definition) is 8. The summed E-state index contributed by atoms with van der Waals surface area (Å²) in [5, 5.41) is 33.0. The van der Waals surface area contributed by atoms with Crippen molar-refractivity contribution in [3.8, 4) is 11.5 Å². The van der Waals surface area contributed by atoms with Crippen LogP contribution in [0.4, 0.5) is 4.39 Å². The van der Waals surface area contributed by atoms with Crippen LogP contribution >= 0.6 is 22.6 Å². The van der Waals surface area contributed by atoms with E-state index < -0.39 is 30.0 Å². The molecule has 12 heteroatoms. The molecule has 0 aromatic heterocycles. The topological polar surface area (TPSA) is 138 Å². The third kappa shape index (κ3) is 8.13. The molecule has 4 N–H and O–H groups in total. The predicted octanol–water partition coefficient (Wildman–Crippen LogP) is 1.91. The summed E-state index contributed by atoms with van der Waals surface area (Å²) in [7, 11) is 2.92. The highest BCUT2D eigenvalue weighted by Crippen LogP contribution is 2.37. The van der Waals surface area contributed by atoms with Crippen LogP contribution in [0.3, 0.4) is 0 Å². The molecule has 0 radical (unpaired) electrons. The number of methoxy groups -OCH3 is 2. The first-order valence-corrected chi connectivity index (χ1v) is 13.7. The van der Waals surface area contributed by atoms with Crippen molar-refractivity contribution in [1.29, 1.82) is 0 Å². The van der Waals surface area contributed by atoms with Crippen molar-refractivity contribution >= 4 is 34.4 Å². The van der Waals surface area contributed by atoms with E-state index in [1.165, 1.54) is 37.3 Å². The van der Waals surface area contributed by atoms with Gasteiger partial charge >= 0.3 is 0 Å². The van der Waals surface area contributed by atoms with Gasteiger partial charge in [-0.25, -0.2) is 4.39 Å². The van der Waals surface area contributed by atoms with Crippen LogP contribution in [0.1, 0.15) is 24.0 Å². The Morgan fingerprint density at radius 1 is 1.15 bits per heavy atom. The van der Waals surface area contributed by atoms with Crippen molar-refractivity contribution in [3.05, 3.63) is 68.6 Å². The number of benzene rings is 2. The lowest BCUT2D eigenvalue weighted by molar-refractivity contribution is -0.140. The van der Waals surface area contributed by atoms with Crippen LogP contribution in [0.15, 0.2) is 48.0 Å². The van der Waals surface area contributed by atoms with Crippen molar-refractivity contribution in [3.63, 3.8) is 0 Å². The minimum absolute atomic E-state index is 0.00980. The van der Waals surface area contributed by atoms with Gasteiger partial charge in [-0.15, -0.1) is 0 Å². The zero-order valence-corrected chi connectivity index (χ0v) is 24.5. The average molecular weight is 672 g/mol. The number of hydrogen-bond donors (Lipinski definition) is 4. The summed E-state index contributed by atoms with van der Waals surface area (Å²) in [4.78, 5) is 27.8. The van der Waals surface area contributed by atoms with Gasteiger partial charge in [0, 0.05) is 32.2 Å². The van der Waals surface area contributed by atoms with Gasteiger partial charge < -0.3 is 39.7 Å². The van der Waals surface area contributed by atoms with Crippen molar-refractivity contribution in [2.24, 2.45) is 0 Å². The molecule has 0 spiro atoms. The summed E-state index contributed by atoms with van der Waals surface area (Å²) in [5.74, 6) is -0.599. The number of nitrogens with one attached hydrogen (secondary N) is 1. The van der Waals surface area contributed by atoms with Crippen LogP contribution < -0.4 is 14.8 Å². The molecule has 0 fully saturated rings. The van der Waals surface area contributed by atoms with Gasteiger partial charge in [0.25, 0.3) is 0 Å². The molecule has 2 amide bonds. The molecule has 0 aliphatic heterocycles. The van der Waals surface area contributed by atoms with Gasteiger partial charge in [-0.1, -0.05) is 12.1 Å². The molecule has 10 nitrogen and oxygen atoms in total. The van der Waals surface area contributed by atoms with Gasteiger partial charge in [-0.2, -0.15) is 0 Å². The van der Waals surface area contributed by atoms with E-state index in [0.29, 0.717) is 26.2 Å². The maximum Gasteiger partial charge on any atom is 0.247 e. The molecule has 1 aliphatic rings. The molecule has 2 aromatic rings. The van der Waals surface area contributed by atoms with Crippen LogP contribution in [-0.2, 0) is 27.5 Å². The van der Waals surface area contributed by atoms with E-state index in [-0.39, 0.29) is 57.2 Å². The molecular formula is C28H34FIN2O8. The maximum atomic E-state index is 13.6. The lowest BCUT2D eigenvalue weighted by Gasteiger charge is -2.40. The number of ether oxygens (including phenoxy) is 3. The molecule has 218 valence electrons. The van der Waals surface area contributed by atoms with Gasteiger partial charge in [0.1, 0.15) is 18.0 Å². The van der Waals surface area contributed by atoms with Crippen LogP contribution in [0.25, 0.3) is 0 Å². The van der Waals surface area contributed by atoms with Crippen molar-refractivity contribution in [2.45, 2.75) is 44.2 Å². The molecule has 1 aliphatic carbocycles. The standard InChI is InChI=1S/C28H34FIN2O8/c1-38-10-7-25(35)32(15-17-3-5-20(29)6-4-17)22-13-19(28(37)31-8-9-33)14-23(26(22)36)40-27-21(30)11-18(16-34)12-24(27)39-2/h3-6,11-12,14,22-23,26,33-34,36H,7-10,13,15-16H2,1-2H3,(H,31,37)/t22-,23+,26+/m1/s1. The molecule has 0 unspecified atom stereocenters. The van der Waals surface area contributed by atoms with Crippen molar-refractivity contribution in [2.75, 3.05) is 34.0 Å². The smallest absolute Gasteiger partial charge is 0.247 e. The summed E-state index contributed by atoms with van der Waals surface area (Å²) in [6.45, 7) is -0.250. The Morgan fingerprint density at radius 3 is 2.50 bits per heavy atom. The Kier molecular flexibility index (Phi) is 12.1. The minimum atomic E-state index is -1.26. The Balaban J connectivity index is 2.02. The molecule has 2 aromatic carbocycles. The van der Waals surface area contributed by atoms with Crippen LogP contribution in [0.5, 0.6) is 11.5 Å². The number of nitrogens with zero attached hydrogens (tertiary/aromatic N) is 1. The highest BCUT2D eigenvalue weighted by Gasteiger charge is 2.41. The van der Waals surface area contributed by atoms with Gasteiger partial charge in [0.05, 0.1) is 43.0 Å². The average Bonchev–Trinajstić information content (AvgIpc) is 2.96. The summed E-state index contributed by atoms with van der Waals surface area (Å²) in [6, 6.07) is 8.10. The quantitative estimate of drug-likeness (QED) is 0.237. The van der Waals surface area contributed by atoms with Gasteiger partial charge in [0.15, 0.2) is 11.5 Å². The zero-order chi connectivity index (χ0) is 29.2. The fourth-order valence-corrected chi connectivity index (χ4v) is 5.20. The third-order valence-electron chi connectivity index (χ3n) is 6.45. The first-order chi connectivity index (χ1) is 19.2. The fourth-order valence-electron chi connectivity index (χ4n) is 4.40. The van der Waals surface area contributed by atoms with E-state index in [2.05, 4.69) is 5.32 Å². The third-order valence-corrected chi connectivity index (χ3v) is 7.25. The van der Waals surface area contributed by atoms with Gasteiger partial charge in [0.2, 0.25) is 11.8 Å². The first kappa shape index (κ1) is 31.7. The predicted molar refractivity (Wildman–Crippen MR) is 152 cm³/mol. The Bertz CT molecular complexity index is 1190. The van der Waals surface area contributed by atoms with E-state index in [9.17, 15) is 29.3 Å². The van der Waals surface area contributed by atoms with Crippen LogP contribution in [0, 0.1) is 9.39 Å². The lowest BCUT2D eigenvalue weighted by Crippen LogP contribution is -2.55. The number of rotatable bonds is 13. The number of amides is 2. The monoisotopic (exact) mass is 672 g/mol. The SMILES string of the molecule is COCCC(=O)N(Cc1ccc(F)cc1)[C@@H]1CC(C(=O)NCCO)=C[C@H](Oc2c(I)cc(CO)cc2OC)[C@H]1O. The summed E-state index contributed by atoms with van der Waals surface area (Å²) in [5.41, 5.74) is 1.50. The Hall–Kier alpha value is -2.78. The molecule has 0 saturated heterocycles. The van der Waals surface area contributed by atoms with Gasteiger partial charge in [-0.3, -0.25) is 9.59 Å². The summed E-state index contributed by atoms with van der Waals surface area (Å²) in [6.07, 6.45) is -0.799. The van der Waals surface area contributed by atoms with E-state index in [1.54, 1.807) is 24.3 Å². The Labute approximate surface area is 245 Å². The maximum absolute atomic E-state index is 13.6. The largest absolute Gasteiger partial charge is 0.493 e. The summed E-state index contributed by atoms with van der Waals surface area (Å²) < 4.78 is 30.9. The normalized spacial score (nSPS) is 18.6. The number of carbonyl (C=O) groups excluding carboxylic acids is 2. The van der Waals surface area contributed by atoms with Gasteiger partial charge in [-0.05, 0) is 64.1 Å². The van der Waals surface area contributed by atoms with E-state index >= 15 is 0 Å². The second-order valence-corrected chi connectivity index (χ2v) is 10.3.